The zero-order chi connectivity index (χ0) is 24.7. The van der Waals surface area contributed by atoms with Crippen molar-refractivity contribution in [2.75, 3.05) is 5.32 Å². The van der Waals surface area contributed by atoms with Gasteiger partial charge in [0.2, 0.25) is 0 Å². The minimum absolute atomic E-state index is 0.142. The number of hydrogen-bond acceptors (Lipinski definition) is 5. The number of benzene rings is 2. The van der Waals surface area contributed by atoms with Gasteiger partial charge < -0.3 is 21.9 Å². The maximum Gasteiger partial charge on any atom is 0.135 e. The molecular formula is C26H26ClFN6O. The van der Waals surface area contributed by atoms with Crippen LogP contribution >= 0.6 is 11.6 Å². The molecule has 7 nitrogen and oxygen atoms in total. The van der Waals surface area contributed by atoms with Crippen molar-refractivity contribution in [3.8, 4) is 16.9 Å². The molecule has 1 saturated carbocycles. The molecule has 0 bridgehead atoms. The second-order valence-electron chi connectivity index (χ2n) is 9.00. The Morgan fingerprint density at radius 1 is 1.23 bits per heavy atom. The number of anilines is 1. The number of fused-ring (bicyclic) bond motifs is 1. The minimum atomic E-state index is -0.453. The molecule has 0 spiro atoms. The molecule has 4 aromatic rings. The molecule has 5 rings (SSSR count). The summed E-state index contributed by atoms with van der Waals surface area (Å²) < 4.78 is 15.6. The lowest BCUT2D eigenvalue weighted by atomic mass is 10.0. The highest BCUT2D eigenvalue weighted by molar-refractivity contribution is 6.33. The summed E-state index contributed by atoms with van der Waals surface area (Å²) in [6.45, 7) is 1.99. The number of halogens is 2. The third-order valence-corrected chi connectivity index (χ3v) is 6.74. The Morgan fingerprint density at radius 2 is 2.06 bits per heavy atom. The maximum atomic E-state index is 13.8. The summed E-state index contributed by atoms with van der Waals surface area (Å²) in [5, 5.41) is 18.5. The fourth-order valence-electron chi connectivity index (χ4n) is 4.58. The fourth-order valence-corrected chi connectivity index (χ4v) is 4.74. The second-order valence-corrected chi connectivity index (χ2v) is 9.41. The van der Waals surface area contributed by atoms with Gasteiger partial charge in [0.15, 0.2) is 0 Å². The number of aliphatic imine (C=N–C) groups is 1. The van der Waals surface area contributed by atoms with Crippen molar-refractivity contribution in [2.24, 2.45) is 16.5 Å². The zero-order valence-corrected chi connectivity index (χ0v) is 19.9. The average Bonchev–Trinajstić information content (AvgIpc) is 3.44. The van der Waals surface area contributed by atoms with Gasteiger partial charge in [-0.1, -0.05) is 17.7 Å². The monoisotopic (exact) mass is 492 g/mol. The molecule has 0 amide bonds. The molecule has 0 radical (unpaired) electrons. The molecule has 2 aromatic heterocycles. The van der Waals surface area contributed by atoms with Gasteiger partial charge in [0, 0.05) is 29.9 Å². The van der Waals surface area contributed by atoms with Gasteiger partial charge in [-0.05, 0) is 67.6 Å². The lowest BCUT2D eigenvalue weighted by molar-refractivity contribution is 0.475. The summed E-state index contributed by atoms with van der Waals surface area (Å²) in [5.41, 5.74) is 17.8. The third-order valence-electron chi connectivity index (χ3n) is 6.42. The van der Waals surface area contributed by atoms with E-state index in [0.717, 1.165) is 47.2 Å². The number of nitrogens with two attached hydrogens (primary N) is 2. The van der Waals surface area contributed by atoms with Gasteiger partial charge in [-0.25, -0.2) is 13.9 Å². The van der Waals surface area contributed by atoms with E-state index in [1.165, 1.54) is 18.2 Å². The lowest BCUT2D eigenvalue weighted by Crippen LogP contribution is -2.24. The fraction of sp³-hybridized carbons (Fsp3) is 0.231. The quantitative estimate of drug-likeness (QED) is 0.227. The van der Waals surface area contributed by atoms with E-state index in [0.29, 0.717) is 10.6 Å². The molecule has 180 valence electrons. The number of rotatable bonds is 5. The van der Waals surface area contributed by atoms with Crippen LogP contribution in [-0.4, -0.2) is 32.6 Å². The van der Waals surface area contributed by atoms with Gasteiger partial charge in [-0.3, -0.25) is 0 Å². The summed E-state index contributed by atoms with van der Waals surface area (Å²) in [4.78, 5) is 4.41. The summed E-state index contributed by atoms with van der Waals surface area (Å²) in [6.07, 6.45) is 6.24. The number of hydrogen-bond donors (Lipinski definition) is 4. The van der Waals surface area contributed by atoms with E-state index in [2.05, 4.69) is 15.4 Å². The van der Waals surface area contributed by atoms with E-state index >= 15 is 0 Å². The Hall–Kier alpha value is -3.62. The molecular weight excluding hydrogens is 467 g/mol. The normalized spacial score (nSPS) is 18.3. The first-order valence-electron chi connectivity index (χ1n) is 11.4. The zero-order valence-electron chi connectivity index (χ0n) is 19.2. The number of amidine groups is 1. The number of aromatic hydroxyl groups is 1. The molecule has 9 heteroatoms. The Balaban J connectivity index is 1.65. The van der Waals surface area contributed by atoms with Crippen LogP contribution in [-0.2, 0) is 0 Å². The van der Waals surface area contributed by atoms with Crippen LogP contribution in [0.25, 0.3) is 16.6 Å². The minimum Gasteiger partial charge on any atom is -0.508 e. The van der Waals surface area contributed by atoms with E-state index < -0.39 is 5.82 Å². The number of nitrogens with one attached hydrogen (secondary N) is 1. The number of aryl methyl sites for hydroxylation is 1. The van der Waals surface area contributed by atoms with Gasteiger partial charge in [-0.2, -0.15) is 5.10 Å². The van der Waals surface area contributed by atoms with Crippen LogP contribution in [0.4, 0.5) is 15.8 Å². The largest absolute Gasteiger partial charge is 0.508 e. The van der Waals surface area contributed by atoms with Crippen LogP contribution < -0.4 is 16.8 Å². The van der Waals surface area contributed by atoms with Crippen molar-refractivity contribution in [2.45, 2.75) is 38.3 Å². The first kappa shape index (κ1) is 23.1. The van der Waals surface area contributed by atoms with E-state index in [1.54, 1.807) is 22.8 Å². The second kappa shape index (κ2) is 9.20. The highest BCUT2D eigenvalue weighted by Gasteiger charge is 2.24. The van der Waals surface area contributed by atoms with Crippen molar-refractivity contribution in [1.82, 2.24) is 9.61 Å². The first-order valence-corrected chi connectivity index (χ1v) is 11.8. The van der Waals surface area contributed by atoms with Crippen molar-refractivity contribution < 1.29 is 9.50 Å². The van der Waals surface area contributed by atoms with Gasteiger partial charge in [0.05, 0.1) is 33.7 Å². The number of phenolic OH excluding ortho intramolecular Hbond substituents is 1. The van der Waals surface area contributed by atoms with E-state index in [9.17, 15) is 9.50 Å². The van der Waals surface area contributed by atoms with Crippen LogP contribution in [0.3, 0.4) is 0 Å². The topological polar surface area (TPSA) is 114 Å². The van der Waals surface area contributed by atoms with E-state index in [1.807, 2.05) is 25.3 Å². The highest BCUT2D eigenvalue weighted by atomic mass is 35.5. The van der Waals surface area contributed by atoms with Crippen molar-refractivity contribution in [3.05, 3.63) is 76.8 Å². The molecule has 0 aliphatic heterocycles. The smallest absolute Gasteiger partial charge is 0.135 e. The Morgan fingerprint density at radius 3 is 2.83 bits per heavy atom. The van der Waals surface area contributed by atoms with Crippen LogP contribution in [0.1, 0.15) is 30.4 Å². The molecule has 35 heavy (non-hydrogen) atoms. The molecule has 0 saturated heterocycles. The standard InChI is InChI=1S/C26H26ClFN6O/c1-14-2-6-19(35)11-20(14)15-8-24-25(32-18-5-4-17(29)10-18)21(12-31-34(24)13-15)26(30)33-23-9-16(28)3-7-22(23)27/h2-3,6-9,11-13,17-18,32,35H,4-5,10,29H2,1H3,(H2,30,33)/t17-,18+/m0/s1. The predicted octanol–water partition coefficient (Wildman–Crippen LogP) is 5.14. The van der Waals surface area contributed by atoms with Crippen LogP contribution in [0.2, 0.25) is 5.02 Å². The lowest BCUT2D eigenvalue weighted by Gasteiger charge is -2.18. The number of nitrogens with zero attached hydrogens (tertiary/aromatic N) is 3. The van der Waals surface area contributed by atoms with Gasteiger partial charge in [-0.15, -0.1) is 0 Å². The first-order chi connectivity index (χ1) is 16.8. The molecule has 1 aliphatic rings. The molecule has 2 heterocycles. The molecule has 2 atom stereocenters. The Bertz CT molecular complexity index is 1450. The predicted molar refractivity (Wildman–Crippen MR) is 138 cm³/mol. The van der Waals surface area contributed by atoms with Gasteiger partial charge in [0.1, 0.15) is 17.4 Å². The molecule has 1 aliphatic carbocycles. The summed E-state index contributed by atoms with van der Waals surface area (Å²) in [5.74, 6) is -0.102. The van der Waals surface area contributed by atoms with Crippen molar-refractivity contribution in [1.29, 1.82) is 0 Å². The SMILES string of the molecule is Cc1ccc(O)cc1-c1cc2c(N[C@@H]3CC[C@H](N)C3)c(/C(N)=N/c3cc(F)ccc3Cl)cnn2c1. The van der Waals surface area contributed by atoms with Crippen LogP contribution in [0, 0.1) is 12.7 Å². The van der Waals surface area contributed by atoms with Crippen molar-refractivity contribution in [3.63, 3.8) is 0 Å². The Labute approximate surface area is 207 Å². The van der Waals surface area contributed by atoms with E-state index in [-0.39, 0.29) is 29.4 Å². The van der Waals surface area contributed by atoms with Crippen LogP contribution in [0.15, 0.2) is 59.9 Å². The number of aromatic nitrogens is 2. The summed E-state index contributed by atoms with van der Waals surface area (Å²) in [6, 6.07) is 11.5. The van der Waals surface area contributed by atoms with Gasteiger partial charge in [0.25, 0.3) is 0 Å². The van der Waals surface area contributed by atoms with Gasteiger partial charge >= 0.3 is 0 Å². The summed E-state index contributed by atoms with van der Waals surface area (Å²) in [7, 11) is 0. The Kier molecular flexibility index (Phi) is 6.08. The number of phenols is 1. The molecule has 6 N–H and O–H groups in total. The van der Waals surface area contributed by atoms with E-state index in [4.69, 9.17) is 23.1 Å². The van der Waals surface area contributed by atoms with Crippen LogP contribution in [0.5, 0.6) is 5.75 Å². The van der Waals surface area contributed by atoms with Crippen molar-refractivity contribution >= 4 is 34.3 Å². The highest BCUT2D eigenvalue weighted by Crippen LogP contribution is 2.34. The molecule has 2 aromatic carbocycles. The molecule has 0 unspecified atom stereocenters. The summed E-state index contributed by atoms with van der Waals surface area (Å²) >= 11 is 6.22. The average molecular weight is 493 g/mol. The molecule has 1 fully saturated rings. The maximum absolute atomic E-state index is 13.8. The third kappa shape index (κ3) is 4.67.